The summed E-state index contributed by atoms with van der Waals surface area (Å²) in [5, 5.41) is 0. The van der Waals surface area contributed by atoms with Crippen LogP contribution in [0, 0.1) is 40.4 Å². The molecule has 4 fully saturated rings. The van der Waals surface area contributed by atoms with Crippen molar-refractivity contribution in [3.05, 3.63) is 0 Å². The van der Waals surface area contributed by atoms with E-state index in [4.69, 9.17) is 4.74 Å². The van der Waals surface area contributed by atoms with Gasteiger partial charge >= 0.3 is 5.97 Å². The molecule has 3 nitrogen and oxygen atoms in total. The van der Waals surface area contributed by atoms with E-state index in [9.17, 15) is 9.59 Å². The molecule has 0 bridgehead atoms. The monoisotopic (exact) mass is 360 g/mol. The maximum absolute atomic E-state index is 11.9. The van der Waals surface area contributed by atoms with Crippen LogP contribution >= 0.6 is 0 Å². The van der Waals surface area contributed by atoms with Crippen molar-refractivity contribution < 1.29 is 14.3 Å². The van der Waals surface area contributed by atoms with Gasteiger partial charge in [-0.25, -0.2) is 0 Å². The zero-order valence-electron chi connectivity index (χ0n) is 17.1. The number of carbonyl (C=O) groups excluding carboxylic acids is 2. The van der Waals surface area contributed by atoms with E-state index in [0.717, 1.165) is 37.0 Å². The Balaban J connectivity index is 1.55. The van der Waals surface area contributed by atoms with Crippen LogP contribution in [0.1, 0.15) is 85.5 Å². The van der Waals surface area contributed by atoms with Crippen LogP contribution in [0.25, 0.3) is 0 Å². The maximum atomic E-state index is 11.9. The topological polar surface area (TPSA) is 43.4 Å². The Kier molecular flexibility index (Phi) is 4.51. The number of rotatable bonds is 2. The first-order valence-corrected chi connectivity index (χ1v) is 10.9. The van der Waals surface area contributed by atoms with E-state index in [1.54, 1.807) is 13.8 Å². The summed E-state index contributed by atoms with van der Waals surface area (Å²) < 4.78 is 5.76. The third kappa shape index (κ3) is 2.67. The molecule has 0 aliphatic heterocycles. The molecule has 26 heavy (non-hydrogen) atoms. The minimum atomic E-state index is -0.114. The highest BCUT2D eigenvalue weighted by molar-refractivity contribution is 5.78. The van der Waals surface area contributed by atoms with Gasteiger partial charge in [-0.2, -0.15) is 0 Å². The molecule has 4 saturated carbocycles. The van der Waals surface area contributed by atoms with Gasteiger partial charge < -0.3 is 4.74 Å². The second-order valence-electron chi connectivity index (χ2n) is 10.5. The van der Waals surface area contributed by atoms with Crippen LogP contribution < -0.4 is 0 Å². The van der Waals surface area contributed by atoms with Crippen molar-refractivity contribution in [2.24, 2.45) is 40.4 Å². The van der Waals surface area contributed by atoms with Gasteiger partial charge in [0.05, 0.1) is 0 Å². The van der Waals surface area contributed by atoms with Crippen LogP contribution in [0.3, 0.4) is 0 Å². The Morgan fingerprint density at radius 3 is 2.23 bits per heavy atom. The molecule has 4 rings (SSSR count). The van der Waals surface area contributed by atoms with Crippen molar-refractivity contribution in [1.82, 2.24) is 0 Å². The number of ether oxygens (including phenoxy) is 1. The van der Waals surface area contributed by atoms with Gasteiger partial charge in [0.1, 0.15) is 11.9 Å². The molecule has 0 unspecified atom stereocenters. The molecule has 0 aromatic heterocycles. The molecule has 4 aliphatic carbocycles. The molecule has 0 saturated heterocycles. The van der Waals surface area contributed by atoms with Crippen LogP contribution in [0.4, 0.5) is 0 Å². The lowest BCUT2D eigenvalue weighted by atomic mass is 9.44. The lowest BCUT2D eigenvalue weighted by molar-refractivity contribution is -0.162. The summed E-state index contributed by atoms with van der Waals surface area (Å²) in [6, 6.07) is 0. The lowest BCUT2D eigenvalue weighted by Gasteiger charge is -2.60. The van der Waals surface area contributed by atoms with Crippen LogP contribution in [0.5, 0.6) is 0 Å². The fraction of sp³-hybridized carbons (Fsp3) is 0.913. The Labute approximate surface area is 158 Å². The molecule has 0 heterocycles. The van der Waals surface area contributed by atoms with E-state index >= 15 is 0 Å². The van der Waals surface area contributed by atoms with Gasteiger partial charge in [-0.3, -0.25) is 9.59 Å². The fourth-order valence-corrected chi connectivity index (χ4v) is 7.97. The van der Waals surface area contributed by atoms with E-state index < -0.39 is 0 Å². The second-order valence-corrected chi connectivity index (χ2v) is 10.5. The molecule has 0 aromatic rings. The molecule has 0 aromatic carbocycles. The van der Waals surface area contributed by atoms with Gasteiger partial charge in [-0.1, -0.05) is 13.8 Å². The van der Waals surface area contributed by atoms with Gasteiger partial charge in [-0.05, 0) is 93.8 Å². The summed E-state index contributed by atoms with van der Waals surface area (Å²) >= 11 is 0. The highest BCUT2D eigenvalue weighted by Crippen LogP contribution is 2.66. The van der Waals surface area contributed by atoms with Crippen molar-refractivity contribution >= 4 is 11.8 Å². The van der Waals surface area contributed by atoms with Crippen molar-refractivity contribution in [1.29, 1.82) is 0 Å². The predicted octanol–water partition coefficient (Wildman–Crippen LogP) is 5.17. The average Bonchev–Trinajstić information content (AvgIpc) is 2.90. The molecule has 0 radical (unpaired) electrons. The zero-order valence-corrected chi connectivity index (χ0v) is 17.1. The van der Waals surface area contributed by atoms with E-state index in [0.29, 0.717) is 23.0 Å². The number of carbonyl (C=O) groups is 2. The normalized spacial score (nSPS) is 50.3. The number of Topliss-reactive ketones (excluding diaryl/α,β-unsaturated/α-hetero) is 1. The average molecular weight is 361 g/mol. The summed E-state index contributed by atoms with van der Waals surface area (Å²) in [4.78, 5) is 23.5. The Bertz CT molecular complexity index is 598. The Morgan fingerprint density at radius 1 is 0.846 bits per heavy atom. The van der Waals surface area contributed by atoms with E-state index in [1.807, 2.05) is 0 Å². The summed E-state index contributed by atoms with van der Waals surface area (Å²) in [5.41, 5.74) is 0.613. The number of ketones is 1. The third-order valence-corrected chi connectivity index (χ3v) is 9.46. The Morgan fingerprint density at radius 2 is 1.54 bits per heavy atom. The van der Waals surface area contributed by atoms with E-state index in [-0.39, 0.29) is 17.5 Å². The molecule has 8 atom stereocenters. The summed E-state index contributed by atoms with van der Waals surface area (Å²) in [5.74, 6) is 3.67. The van der Waals surface area contributed by atoms with Crippen LogP contribution in [-0.4, -0.2) is 17.9 Å². The van der Waals surface area contributed by atoms with Gasteiger partial charge in [-0.15, -0.1) is 0 Å². The number of hydrogen-bond acceptors (Lipinski definition) is 3. The number of fused-ring (bicyclic) bond motifs is 5. The minimum absolute atomic E-state index is 0.114. The van der Waals surface area contributed by atoms with Gasteiger partial charge in [0, 0.05) is 18.3 Å². The van der Waals surface area contributed by atoms with Crippen molar-refractivity contribution in [3.63, 3.8) is 0 Å². The van der Waals surface area contributed by atoms with Crippen LogP contribution in [-0.2, 0) is 14.3 Å². The van der Waals surface area contributed by atoms with Gasteiger partial charge in [0.2, 0.25) is 0 Å². The first-order chi connectivity index (χ1) is 12.3. The molecular weight excluding hydrogens is 324 g/mol. The van der Waals surface area contributed by atoms with Gasteiger partial charge in [0.25, 0.3) is 0 Å². The molecule has 0 amide bonds. The number of hydrogen-bond donors (Lipinski definition) is 0. The SMILES string of the molecule is CC(=O)O[C@H]1CC[C@H]2[C@@H]3CC[C@H]4C[C@H](C(C)=O)CC[C@]4(C)[C@H]3CC[C@]12C. The largest absolute Gasteiger partial charge is 0.462 e. The predicted molar refractivity (Wildman–Crippen MR) is 101 cm³/mol. The summed E-state index contributed by atoms with van der Waals surface area (Å²) in [6.45, 7) is 8.29. The molecule has 0 spiro atoms. The summed E-state index contributed by atoms with van der Waals surface area (Å²) in [7, 11) is 0. The first kappa shape index (κ1) is 18.5. The lowest BCUT2D eigenvalue weighted by Crippen LogP contribution is -2.54. The van der Waals surface area contributed by atoms with Crippen molar-refractivity contribution in [2.45, 2.75) is 91.6 Å². The molecule has 3 heteroatoms. The van der Waals surface area contributed by atoms with Crippen LogP contribution in [0.15, 0.2) is 0 Å². The zero-order chi connectivity index (χ0) is 18.7. The second kappa shape index (κ2) is 6.34. The molecule has 4 aliphatic rings. The standard InChI is InChI=1S/C23H36O3/c1-14(24)16-9-11-22(3)17(13-16)5-6-18-19-7-8-21(26-15(2)25)23(19,4)12-10-20(18)22/h16-21H,5-13H2,1-4H3/t16-,17+,18+,19+,20+,21+,22+,23+/m1/s1. The summed E-state index contributed by atoms with van der Waals surface area (Å²) in [6.07, 6.45) is 11.0. The quantitative estimate of drug-likeness (QED) is 0.638. The fourth-order valence-electron chi connectivity index (χ4n) is 7.97. The Hall–Kier alpha value is -0.860. The van der Waals surface area contributed by atoms with E-state index in [1.165, 1.54) is 38.5 Å². The van der Waals surface area contributed by atoms with Crippen molar-refractivity contribution in [2.75, 3.05) is 0 Å². The number of esters is 1. The van der Waals surface area contributed by atoms with Crippen LogP contribution in [0.2, 0.25) is 0 Å². The smallest absolute Gasteiger partial charge is 0.302 e. The maximum Gasteiger partial charge on any atom is 0.302 e. The molecule has 0 N–H and O–H groups in total. The highest BCUT2D eigenvalue weighted by atomic mass is 16.5. The molecule has 146 valence electrons. The minimum Gasteiger partial charge on any atom is -0.462 e. The van der Waals surface area contributed by atoms with Crippen molar-refractivity contribution in [3.8, 4) is 0 Å². The third-order valence-electron chi connectivity index (χ3n) is 9.46. The highest BCUT2D eigenvalue weighted by Gasteiger charge is 2.61. The van der Waals surface area contributed by atoms with E-state index in [2.05, 4.69) is 13.8 Å². The molecular formula is C23H36O3. The van der Waals surface area contributed by atoms with Gasteiger partial charge in [0.15, 0.2) is 0 Å². The first-order valence-electron chi connectivity index (χ1n) is 10.9.